The van der Waals surface area contributed by atoms with Gasteiger partial charge in [-0.15, -0.1) is 10.2 Å². The number of nitrogens with one attached hydrogen (secondary N) is 1. The molecule has 1 N–H and O–H groups in total. The lowest BCUT2D eigenvalue weighted by molar-refractivity contribution is 0.0549. The van der Waals surface area contributed by atoms with Crippen molar-refractivity contribution in [2.24, 2.45) is 13.0 Å². The van der Waals surface area contributed by atoms with Gasteiger partial charge in [0.05, 0.1) is 6.61 Å². The molecule has 1 saturated heterocycles. The first kappa shape index (κ1) is 11.5. The Morgan fingerprint density at radius 3 is 3.25 bits per heavy atom. The highest BCUT2D eigenvalue weighted by Gasteiger charge is 2.12. The summed E-state index contributed by atoms with van der Waals surface area (Å²) in [6.45, 7) is 3.87. The molecular formula is C11H20N4O. The van der Waals surface area contributed by atoms with E-state index in [1.165, 1.54) is 12.8 Å². The number of rotatable bonds is 5. The van der Waals surface area contributed by atoms with Crippen molar-refractivity contribution < 1.29 is 4.74 Å². The average Bonchev–Trinajstić information content (AvgIpc) is 2.72. The van der Waals surface area contributed by atoms with E-state index in [0.29, 0.717) is 5.92 Å². The van der Waals surface area contributed by atoms with E-state index in [1.807, 2.05) is 11.6 Å². The smallest absolute Gasteiger partial charge is 0.133 e. The first-order valence-electron chi connectivity index (χ1n) is 5.97. The average molecular weight is 224 g/mol. The summed E-state index contributed by atoms with van der Waals surface area (Å²) in [5.41, 5.74) is 0. The Hall–Kier alpha value is -0.940. The van der Waals surface area contributed by atoms with E-state index in [-0.39, 0.29) is 0 Å². The molecule has 0 spiro atoms. The second kappa shape index (κ2) is 5.96. The zero-order valence-electron chi connectivity index (χ0n) is 9.85. The lowest BCUT2D eigenvalue weighted by Gasteiger charge is -2.22. The molecule has 0 amide bonds. The number of hydrogen-bond acceptors (Lipinski definition) is 4. The van der Waals surface area contributed by atoms with Crippen molar-refractivity contribution in [3.8, 4) is 0 Å². The maximum atomic E-state index is 5.44. The molecule has 16 heavy (non-hydrogen) atoms. The highest BCUT2D eigenvalue weighted by atomic mass is 16.5. The van der Waals surface area contributed by atoms with Crippen LogP contribution in [-0.2, 0) is 18.2 Å². The third-order valence-corrected chi connectivity index (χ3v) is 3.02. The molecule has 5 nitrogen and oxygen atoms in total. The molecule has 1 aliphatic rings. The monoisotopic (exact) mass is 224 g/mol. The molecular weight excluding hydrogens is 204 g/mol. The summed E-state index contributed by atoms with van der Waals surface area (Å²) < 4.78 is 7.40. The molecule has 1 fully saturated rings. The van der Waals surface area contributed by atoms with Gasteiger partial charge < -0.3 is 14.6 Å². The normalized spacial score (nSPS) is 21.2. The van der Waals surface area contributed by atoms with E-state index in [0.717, 1.165) is 38.5 Å². The Bertz CT molecular complexity index is 307. The Morgan fingerprint density at radius 1 is 1.62 bits per heavy atom. The molecule has 5 heteroatoms. The Morgan fingerprint density at radius 2 is 2.56 bits per heavy atom. The van der Waals surface area contributed by atoms with Crippen LogP contribution in [-0.4, -0.2) is 41.1 Å². The van der Waals surface area contributed by atoms with Crippen LogP contribution in [0.2, 0.25) is 0 Å². The number of ether oxygens (including phenoxy) is 1. The number of aryl methyl sites for hydroxylation is 1. The van der Waals surface area contributed by atoms with Gasteiger partial charge in [-0.05, 0) is 18.8 Å². The van der Waals surface area contributed by atoms with Gasteiger partial charge in [0.1, 0.15) is 12.2 Å². The maximum absolute atomic E-state index is 5.44. The van der Waals surface area contributed by atoms with Crippen molar-refractivity contribution in [2.75, 3.05) is 26.3 Å². The van der Waals surface area contributed by atoms with Gasteiger partial charge in [0.25, 0.3) is 0 Å². The van der Waals surface area contributed by atoms with E-state index >= 15 is 0 Å². The lowest BCUT2D eigenvalue weighted by atomic mass is 10.0. The molecule has 0 aliphatic carbocycles. The zero-order chi connectivity index (χ0) is 11.2. The maximum Gasteiger partial charge on any atom is 0.133 e. The molecule has 1 aromatic rings. The molecule has 2 rings (SSSR count). The molecule has 1 atom stereocenters. The van der Waals surface area contributed by atoms with Crippen LogP contribution in [0.1, 0.15) is 18.7 Å². The zero-order valence-corrected chi connectivity index (χ0v) is 9.85. The van der Waals surface area contributed by atoms with E-state index in [4.69, 9.17) is 4.74 Å². The van der Waals surface area contributed by atoms with Crippen LogP contribution in [0.3, 0.4) is 0 Å². The summed E-state index contributed by atoms with van der Waals surface area (Å²) in [6.07, 6.45) is 5.17. The minimum atomic E-state index is 0.688. The van der Waals surface area contributed by atoms with Gasteiger partial charge in [0.2, 0.25) is 0 Å². The van der Waals surface area contributed by atoms with E-state index in [1.54, 1.807) is 6.33 Å². The van der Waals surface area contributed by atoms with Gasteiger partial charge in [0, 0.05) is 33.2 Å². The van der Waals surface area contributed by atoms with E-state index < -0.39 is 0 Å². The summed E-state index contributed by atoms with van der Waals surface area (Å²) >= 11 is 0. The third kappa shape index (κ3) is 3.28. The molecule has 0 radical (unpaired) electrons. The van der Waals surface area contributed by atoms with Crippen LogP contribution >= 0.6 is 0 Å². The Balaban J connectivity index is 1.59. The quantitative estimate of drug-likeness (QED) is 0.734. The van der Waals surface area contributed by atoms with Gasteiger partial charge in [0.15, 0.2) is 0 Å². The first-order valence-corrected chi connectivity index (χ1v) is 5.97. The fraction of sp³-hybridized carbons (Fsp3) is 0.818. The lowest BCUT2D eigenvalue weighted by Crippen LogP contribution is -2.30. The summed E-state index contributed by atoms with van der Waals surface area (Å²) in [7, 11) is 1.98. The van der Waals surface area contributed by atoms with Gasteiger partial charge in [-0.2, -0.15) is 0 Å². The van der Waals surface area contributed by atoms with Crippen LogP contribution < -0.4 is 5.32 Å². The molecule has 90 valence electrons. The molecule has 0 aromatic carbocycles. The van der Waals surface area contributed by atoms with Crippen molar-refractivity contribution in [3.63, 3.8) is 0 Å². The summed E-state index contributed by atoms with van der Waals surface area (Å²) in [6, 6.07) is 0. The van der Waals surface area contributed by atoms with Gasteiger partial charge in [-0.3, -0.25) is 0 Å². The molecule has 1 aromatic heterocycles. The van der Waals surface area contributed by atoms with Gasteiger partial charge >= 0.3 is 0 Å². The van der Waals surface area contributed by atoms with Crippen molar-refractivity contribution in [1.82, 2.24) is 20.1 Å². The largest absolute Gasteiger partial charge is 0.381 e. The molecule has 1 aliphatic heterocycles. The van der Waals surface area contributed by atoms with Crippen LogP contribution in [0, 0.1) is 5.92 Å². The standard InChI is InChI=1S/C11H20N4O/c1-15-9-13-14-11(15)4-5-12-7-10-3-2-6-16-8-10/h9-10,12H,2-8H2,1H3. The third-order valence-electron chi connectivity index (χ3n) is 3.02. The topological polar surface area (TPSA) is 52.0 Å². The molecule has 2 heterocycles. The van der Waals surface area contributed by atoms with E-state index in [9.17, 15) is 0 Å². The fourth-order valence-electron chi connectivity index (χ4n) is 2.01. The van der Waals surface area contributed by atoms with Crippen LogP contribution in [0.15, 0.2) is 6.33 Å². The summed E-state index contributed by atoms with van der Waals surface area (Å²) in [5.74, 6) is 1.72. The molecule has 1 unspecified atom stereocenters. The fourth-order valence-corrected chi connectivity index (χ4v) is 2.01. The number of nitrogens with zero attached hydrogens (tertiary/aromatic N) is 3. The number of hydrogen-bond donors (Lipinski definition) is 1. The van der Waals surface area contributed by atoms with Crippen LogP contribution in [0.4, 0.5) is 0 Å². The van der Waals surface area contributed by atoms with Crippen LogP contribution in [0.5, 0.6) is 0 Å². The van der Waals surface area contributed by atoms with E-state index in [2.05, 4.69) is 15.5 Å². The Kier molecular flexibility index (Phi) is 4.30. The molecule has 0 saturated carbocycles. The minimum absolute atomic E-state index is 0.688. The highest BCUT2D eigenvalue weighted by molar-refractivity contribution is 4.84. The van der Waals surface area contributed by atoms with Gasteiger partial charge in [-0.25, -0.2) is 0 Å². The SMILES string of the molecule is Cn1cnnc1CCNCC1CCCOC1. The van der Waals surface area contributed by atoms with Crippen molar-refractivity contribution in [3.05, 3.63) is 12.2 Å². The van der Waals surface area contributed by atoms with Crippen LogP contribution in [0.25, 0.3) is 0 Å². The minimum Gasteiger partial charge on any atom is -0.381 e. The predicted molar refractivity (Wildman–Crippen MR) is 61.1 cm³/mol. The number of aromatic nitrogens is 3. The Labute approximate surface area is 96.2 Å². The van der Waals surface area contributed by atoms with Crippen molar-refractivity contribution >= 4 is 0 Å². The second-order valence-electron chi connectivity index (χ2n) is 4.40. The summed E-state index contributed by atoms with van der Waals surface area (Å²) in [4.78, 5) is 0. The highest BCUT2D eigenvalue weighted by Crippen LogP contribution is 2.11. The van der Waals surface area contributed by atoms with Crippen molar-refractivity contribution in [2.45, 2.75) is 19.3 Å². The van der Waals surface area contributed by atoms with Gasteiger partial charge in [-0.1, -0.05) is 0 Å². The summed E-state index contributed by atoms with van der Waals surface area (Å²) in [5, 5.41) is 11.4. The first-order chi connectivity index (χ1) is 7.86. The molecule has 0 bridgehead atoms. The van der Waals surface area contributed by atoms with Crippen molar-refractivity contribution in [1.29, 1.82) is 0 Å². The second-order valence-corrected chi connectivity index (χ2v) is 4.40. The predicted octanol–water partition coefficient (Wildman–Crippen LogP) is 0.374.